The molecule has 1 N–H and O–H groups in total. The lowest BCUT2D eigenvalue weighted by atomic mass is 9.95. The maximum Gasteiger partial charge on any atom is 0.255 e. The highest BCUT2D eigenvalue weighted by Gasteiger charge is 2.35. The molecular weight excluding hydrogens is 434 g/mol. The fourth-order valence-electron chi connectivity index (χ4n) is 4.67. The van der Waals surface area contributed by atoms with Crippen LogP contribution in [0.15, 0.2) is 46.4 Å². The van der Waals surface area contributed by atoms with Crippen LogP contribution in [-0.4, -0.2) is 37.4 Å². The molecule has 0 unspecified atom stereocenters. The molecule has 1 saturated carbocycles. The van der Waals surface area contributed by atoms with E-state index >= 15 is 0 Å². The molecule has 0 spiro atoms. The minimum absolute atomic E-state index is 0.180. The van der Waals surface area contributed by atoms with Crippen molar-refractivity contribution in [3.05, 3.63) is 64.2 Å². The first-order valence-electron chi connectivity index (χ1n) is 11.7. The standard InChI is InChI=1S/C26H35N3O3S/c1-5-22-11-13-23(14-12-22)17-27-28-25(30)18-29(24-9-7-6-8-10-24)33(31,32)26-20(3)15-19(2)16-21(26)4/h11-17,24H,5-10,18H2,1-4H3,(H,28,30). The monoisotopic (exact) mass is 469 g/mol. The highest BCUT2D eigenvalue weighted by molar-refractivity contribution is 7.89. The number of nitrogens with one attached hydrogen (secondary N) is 1. The summed E-state index contributed by atoms with van der Waals surface area (Å²) in [5.41, 5.74) is 7.06. The largest absolute Gasteiger partial charge is 0.272 e. The van der Waals surface area contributed by atoms with Gasteiger partial charge in [0, 0.05) is 6.04 Å². The van der Waals surface area contributed by atoms with Crippen molar-refractivity contribution in [2.24, 2.45) is 5.10 Å². The van der Waals surface area contributed by atoms with E-state index in [4.69, 9.17) is 0 Å². The van der Waals surface area contributed by atoms with E-state index in [2.05, 4.69) is 17.5 Å². The van der Waals surface area contributed by atoms with Crippen molar-refractivity contribution in [2.45, 2.75) is 77.2 Å². The Kier molecular flexibility index (Phi) is 8.43. The molecular formula is C26H35N3O3S. The topological polar surface area (TPSA) is 78.8 Å². The van der Waals surface area contributed by atoms with Crippen LogP contribution < -0.4 is 5.43 Å². The zero-order valence-electron chi connectivity index (χ0n) is 20.1. The Bertz CT molecular complexity index is 1080. The van der Waals surface area contributed by atoms with Gasteiger partial charge in [0.2, 0.25) is 10.0 Å². The van der Waals surface area contributed by atoms with Crippen LogP contribution in [0.4, 0.5) is 0 Å². The van der Waals surface area contributed by atoms with Gasteiger partial charge in [0.25, 0.3) is 5.91 Å². The molecule has 0 heterocycles. The van der Waals surface area contributed by atoms with Gasteiger partial charge in [0.05, 0.1) is 17.7 Å². The van der Waals surface area contributed by atoms with Crippen molar-refractivity contribution in [3.63, 3.8) is 0 Å². The summed E-state index contributed by atoms with van der Waals surface area (Å²) < 4.78 is 29.0. The molecule has 33 heavy (non-hydrogen) atoms. The van der Waals surface area contributed by atoms with E-state index in [9.17, 15) is 13.2 Å². The fraction of sp³-hybridized carbons (Fsp3) is 0.462. The SMILES string of the molecule is CCc1ccc(C=NNC(=O)CN(C2CCCCC2)S(=O)(=O)c2c(C)cc(C)cc2C)cc1. The molecule has 2 aromatic carbocycles. The van der Waals surface area contributed by atoms with E-state index in [-0.39, 0.29) is 12.6 Å². The number of rotatable bonds is 8. The van der Waals surface area contributed by atoms with Crippen LogP contribution in [0.1, 0.15) is 66.8 Å². The third-order valence-electron chi connectivity index (χ3n) is 6.24. The maximum absolute atomic E-state index is 13.8. The Hall–Kier alpha value is -2.51. The summed E-state index contributed by atoms with van der Waals surface area (Å²) in [6, 6.07) is 11.5. The van der Waals surface area contributed by atoms with Crippen LogP contribution in [0.5, 0.6) is 0 Å². The molecule has 0 saturated heterocycles. The lowest BCUT2D eigenvalue weighted by Crippen LogP contribution is -2.46. The molecule has 3 rings (SSSR count). The molecule has 1 aliphatic rings. The molecule has 2 aromatic rings. The molecule has 178 valence electrons. The lowest BCUT2D eigenvalue weighted by Gasteiger charge is -2.33. The average Bonchev–Trinajstić information content (AvgIpc) is 2.77. The summed E-state index contributed by atoms with van der Waals surface area (Å²) in [7, 11) is -3.84. The maximum atomic E-state index is 13.8. The number of carbonyl (C=O) groups is 1. The van der Waals surface area contributed by atoms with Gasteiger partial charge in [0.1, 0.15) is 0 Å². The Morgan fingerprint density at radius 3 is 2.24 bits per heavy atom. The number of hydrogen-bond acceptors (Lipinski definition) is 4. The molecule has 0 bridgehead atoms. The average molecular weight is 470 g/mol. The Balaban J connectivity index is 1.80. The van der Waals surface area contributed by atoms with Crippen LogP contribution in [0.2, 0.25) is 0 Å². The molecule has 6 nitrogen and oxygen atoms in total. The summed E-state index contributed by atoms with van der Waals surface area (Å²) in [6.45, 7) is 7.44. The van der Waals surface area contributed by atoms with E-state index in [1.807, 2.05) is 57.2 Å². The fourth-order valence-corrected chi connectivity index (χ4v) is 6.72. The molecule has 1 aliphatic carbocycles. The van der Waals surface area contributed by atoms with E-state index < -0.39 is 15.9 Å². The molecule has 7 heteroatoms. The first-order valence-corrected chi connectivity index (χ1v) is 13.2. The van der Waals surface area contributed by atoms with Gasteiger partial charge in [-0.05, 0) is 62.3 Å². The van der Waals surface area contributed by atoms with Gasteiger partial charge in [-0.15, -0.1) is 0 Å². The predicted molar refractivity (Wildman–Crippen MR) is 133 cm³/mol. The van der Waals surface area contributed by atoms with Crippen molar-refractivity contribution < 1.29 is 13.2 Å². The summed E-state index contributed by atoms with van der Waals surface area (Å²) in [5.74, 6) is -0.437. The van der Waals surface area contributed by atoms with E-state index in [1.54, 1.807) is 6.21 Å². The van der Waals surface area contributed by atoms with Gasteiger partial charge in [0.15, 0.2) is 0 Å². The van der Waals surface area contributed by atoms with Gasteiger partial charge in [-0.25, -0.2) is 13.8 Å². The number of hydrazone groups is 1. The summed E-state index contributed by atoms with van der Waals surface area (Å²) in [5, 5.41) is 4.05. The van der Waals surface area contributed by atoms with Gasteiger partial charge in [-0.2, -0.15) is 9.41 Å². The van der Waals surface area contributed by atoms with Crippen LogP contribution >= 0.6 is 0 Å². The smallest absolute Gasteiger partial charge is 0.255 e. The summed E-state index contributed by atoms with van der Waals surface area (Å²) in [4.78, 5) is 13.1. The second-order valence-electron chi connectivity index (χ2n) is 8.96. The third kappa shape index (κ3) is 6.30. The molecule has 1 fully saturated rings. The van der Waals surface area contributed by atoms with Crippen molar-refractivity contribution >= 4 is 22.1 Å². The van der Waals surface area contributed by atoms with E-state index in [0.717, 1.165) is 49.7 Å². The normalized spacial score (nSPS) is 15.3. The molecule has 0 atom stereocenters. The van der Waals surface area contributed by atoms with Crippen LogP contribution in [0.25, 0.3) is 0 Å². The quantitative estimate of drug-likeness (QED) is 0.452. The highest BCUT2D eigenvalue weighted by Crippen LogP contribution is 2.31. The minimum atomic E-state index is -3.84. The van der Waals surface area contributed by atoms with E-state index in [1.165, 1.54) is 9.87 Å². The summed E-state index contributed by atoms with van der Waals surface area (Å²) >= 11 is 0. The Morgan fingerprint density at radius 1 is 1.06 bits per heavy atom. The molecule has 1 amide bonds. The van der Waals surface area contributed by atoms with E-state index in [0.29, 0.717) is 16.0 Å². The zero-order valence-corrected chi connectivity index (χ0v) is 20.9. The Labute approximate surface area is 198 Å². The lowest BCUT2D eigenvalue weighted by molar-refractivity contribution is -0.121. The predicted octanol–water partition coefficient (Wildman–Crippen LogP) is 4.65. The van der Waals surface area contributed by atoms with Crippen LogP contribution in [0.3, 0.4) is 0 Å². The second-order valence-corrected chi connectivity index (χ2v) is 10.8. The van der Waals surface area contributed by atoms with Crippen LogP contribution in [-0.2, 0) is 21.2 Å². The number of amides is 1. The minimum Gasteiger partial charge on any atom is -0.272 e. The van der Waals surface area contributed by atoms with Gasteiger partial charge >= 0.3 is 0 Å². The number of carbonyl (C=O) groups excluding carboxylic acids is 1. The van der Waals surface area contributed by atoms with Crippen LogP contribution in [0, 0.1) is 20.8 Å². The molecule has 0 aliphatic heterocycles. The number of benzene rings is 2. The molecule has 0 aromatic heterocycles. The second kappa shape index (κ2) is 11.1. The Morgan fingerprint density at radius 2 is 1.67 bits per heavy atom. The number of aryl methyl sites for hydroxylation is 4. The van der Waals surface area contributed by atoms with Crippen molar-refractivity contribution in [2.75, 3.05) is 6.54 Å². The molecule has 0 radical (unpaired) electrons. The first-order chi connectivity index (χ1) is 15.7. The number of sulfonamides is 1. The van der Waals surface area contributed by atoms with Gasteiger partial charge in [-0.3, -0.25) is 4.79 Å². The van der Waals surface area contributed by atoms with Crippen molar-refractivity contribution in [1.29, 1.82) is 0 Å². The number of nitrogens with zero attached hydrogens (tertiary/aromatic N) is 2. The zero-order chi connectivity index (χ0) is 24.0. The van der Waals surface area contributed by atoms with Gasteiger partial charge in [-0.1, -0.05) is 68.1 Å². The van der Waals surface area contributed by atoms with Gasteiger partial charge < -0.3 is 0 Å². The van der Waals surface area contributed by atoms with Crippen molar-refractivity contribution in [3.8, 4) is 0 Å². The number of hydrogen-bond donors (Lipinski definition) is 1. The third-order valence-corrected chi connectivity index (χ3v) is 8.45. The highest BCUT2D eigenvalue weighted by atomic mass is 32.2. The summed E-state index contributed by atoms with van der Waals surface area (Å²) in [6.07, 6.45) is 7.10. The van der Waals surface area contributed by atoms with Crippen molar-refractivity contribution in [1.82, 2.24) is 9.73 Å². The first kappa shape index (κ1) is 25.1.